The van der Waals surface area contributed by atoms with Crippen molar-refractivity contribution in [3.8, 4) is 0 Å². The number of fused-ring (bicyclic) bond motifs is 1. The normalized spacial score (nSPS) is 10.5. The van der Waals surface area contributed by atoms with Crippen LogP contribution in [0.1, 0.15) is 10.4 Å². The lowest BCUT2D eigenvalue weighted by Gasteiger charge is -2.00. The molecule has 0 fully saturated rings. The summed E-state index contributed by atoms with van der Waals surface area (Å²) >= 11 is 0. The van der Waals surface area contributed by atoms with Crippen molar-refractivity contribution in [2.75, 3.05) is 0 Å². The first-order valence-corrected chi connectivity index (χ1v) is 4.29. The first kappa shape index (κ1) is 9.39. The standard InChI is InChI=1S/C10H8N2O3/c1-12-5-11-7-4-2-3-6(8(7)12)9(13)10(14)15/h2-5H,1H3,(H,14,15). The van der Waals surface area contributed by atoms with Crippen molar-refractivity contribution in [3.05, 3.63) is 30.1 Å². The molecule has 5 nitrogen and oxygen atoms in total. The molecule has 1 heterocycles. The topological polar surface area (TPSA) is 72.2 Å². The number of Topliss-reactive ketones (excluding diaryl/α,β-unsaturated/α-hetero) is 1. The van der Waals surface area contributed by atoms with E-state index in [1.54, 1.807) is 30.1 Å². The third-order valence-electron chi connectivity index (χ3n) is 2.18. The summed E-state index contributed by atoms with van der Waals surface area (Å²) in [5.74, 6) is -2.37. The molecule has 5 heteroatoms. The first-order chi connectivity index (χ1) is 7.11. The predicted octanol–water partition coefficient (Wildman–Crippen LogP) is 0.841. The third kappa shape index (κ3) is 1.38. The van der Waals surface area contributed by atoms with Crippen LogP contribution in [-0.2, 0) is 11.8 Å². The molecule has 0 radical (unpaired) electrons. The van der Waals surface area contributed by atoms with Crippen molar-refractivity contribution in [2.24, 2.45) is 7.05 Å². The maximum atomic E-state index is 11.4. The van der Waals surface area contributed by atoms with Gasteiger partial charge in [-0.2, -0.15) is 0 Å². The molecule has 0 saturated carbocycles. The second kappa shape index (κ2) is 3.20. The number of ketones is 1. The quantitative estimate of drug-likeness (QED) is 0.581. The summed E-state index contributed by atoms with van der Waals surface area (Å²) in [5, 5.41) is 8.64. The molecule has 0 amide bonds. The summed E-state index contributed by atoms with van der Waals surface area (Å²) in [5.41, 5.74) is 1.33. The molecule has 0 spiro atoms. The van der Waals surface area contributed by atoms with Gasteiger partial charge in [0.05, 0.1) is 22.9 Å². The van der Waals surface area contributed by atoms with Crippen LogP contribution >= 0.6 is 0 Å². The van der Waals surface area contributed by atoms with Crippen LogP contribution in [0.5, 0.6) is 0 Å². The molecule has 0 aliphatic heterocycles. The third-order valence-corrected chi connectivity index (χ3v) is 2.18. The lowest BCUT2D eigenvalue weighted by atomic mass is 10.1. The van der Waals surface area contributed by atoms with Crippen molar-refractivity contribution in [3.63, 3.8) is 0 Å². The van der Waals surface area contributed by atoms with E-state index in [2.05, 4.69) is 4.98 Å². The molecule has 1 aromatic carbocycles. The molecule has 0 aliphatic carbocycles. The van der Waals surface area contributed by atoms with Crippen molar-refractivity contribution in [1.29, 1.82) is 0 Å². The zero-order valence-electron chi connectivity index (χ0n) is 7.97. The zero-order valence-corrected chi connectivity index (χ0v) is 7.97. The number of carboxylic acid groups (broad SMARTS) is 1. The molecular weight excluding hydrogens is 196 g/mol. The molecule has 0 unspecified atom stereocenters. The van der Waals surface area contributed by atoms with Crippen LogP contribution in [-0.4, -0.2) is 26.4 Å². The average molecular weight is 204 g/mol. The minimum absolute atomic E-state index is 0.167. The van der Waals surface area contributed by atoms with Gasteiger partial charge in [-0.15, -0.1) is 0 Å². The Morgan fingerprint density at radius 2 is 2.13 bits per heavy atom. The second-order valence-corrected chi connectivity index (χ2v) is 3.16. The smallest absolute Gasteiger partial charge is 0.377 e. The van der Waals surface area contributed by atoms with Crippen LogP contribution in [0.25, 0.3) is 11.0 Å². The Balaban J connectivity index is 2.75. The van der Waals surface area contributed by atoms with E-state index < -0.39 is 11.8 Å². The average Bonchev–Trinajstić information content (AvgIpc) is 2.59. The summed E-state index contributed by atoms with van der Waals surface area (Å²) in [6.45, 7) is 0. The van der Waals surface area contributed by atoms with Gasteiger partial charge in [-0.3, -0.25) is 4.79 Å². The highest BCUT2D eigenvalue weighted by Crippen LogP contribution is 2.17. The van der Waals surface area contributed by atoms with Crippen LogP contribution in [0.15, 0.2) is 24.5 Å². The molecule has 2 aromatic rings. The SMILES string of the molecule is Cn1cnc2cccc(C(=O)C(=O)O)c21. The largest absolute Gasteiger partial charge is 0.475 e. The monoisotopic (exact) mass is 204 g/mol. The Labute approximate surface area is 85.0 Å². The Morgan fingerprint density at radius 3 is 2.80 bits per heavy atom. The van der Waals surface area contributed by atoms with Crippen molar-refractivity contribution in [2.45, 2.75) is 0 Å². The molecule has 76 valence electrons. The Hall–Kier alpha value is -2.17. The minimum atomic E-state index is -1.45. The van der Waals surface area contributed by atoms with Gasteiger partial charge in [0.15, 0.2) is 0 Å². The van der Waals surface area contributed by atoms with E-state index in [1.807, 2.05) is 0 Å². The number of carbonyl (C=O) groups is 2. The van der Waals surface area contributed by atoms with Gasteiger partial charge in [0.2, 0.25) is 0 Å². The van der Waals surface area contributed by atoms with E-state index in [1.165, 1.54) is 6.07 Å². The Morgan fingerprint density at radius 1 is 1.40 bits per heavy atom. The number of benzene rings is 1. The van der Waals surface area contributed by atoms with Crippen molar-refractivity contribution >= 4 is 22.8 Å². The number of carboxylic acids is 1. The van der Waals surface area contributed by atoms with Gasteiger partial charge >= 0.3 is 5.97 Å². The van der Waals surface area contributed by atoms with E-state index in [9.17, 15) is 9.59 Å². The lowest BCUT2D eigenvalue weighted by molar-refractivity contribution is -0.131. The number of carbonyl (C=O) groups excluding carboxylic acids is 1. The fourth-order valence-electron chi connectivity index (χ4n) is 1.51. The van der Waals surface area contributed by atoms with Crippen LogP contribution in [0.4, 0.5) is 0 Å². The summed E-state index contributed by atoms with van der Waals surface area (Å²) in [4.78, 5) is 26.0. The van der Waals surface area contributed by atoms with Gasteiger partial charge in [0, 0.05) is 7.05 Å². The predicted molar refractivity (Wildman–Crippen MR) is 52.7 cm³/mol. The summed E-state index contributed by atoms with van der Waals surface area (Å²) in [6.07, 6.45) is 1.54. The van der Waals surface area contributed by atoms with E-state index in [0.717, 1.165) is 0 Å². The van der Waals surface area contributed by atoms with Gasteiger partial charge in [0.25, 0.3) is 5.78 Å². The zero-order chi connectivity index (χ0) is 11.0. The van der Waals surface area contributed by atoms with Crippen LogP contribution in [0.2, 0.25) is 0 Å². The number of imidazole rings is 1. The second-order valence-electron chi connectivity index (χ2n) is 3.16. The Bertz CT molecular complexity index is 557. The summed E-state index contributed by atoms with van der Waals surface area (Å²) in [6, 6.07) is 4.83. The van der Waals surface area contributed by atoms with E-state index in [-0.39, 0.29) is 5.56 Å². The van der Waals surface area contributed by atoms with Crippen LogP contribution in [0, 0.1) is 0 Å². The highest BCUT2D eigenvalue weighted by molar-refractivity contribution is 6.41. The molecule has 1 N–H and O–H groups in total. The molecule has 0 atom stereocenters. The fraction of sp³-hybridized carbons (Fsp3) is 0.100. The molecule has 0 bridgehead atoms. The van der Waals surface area contributed by atoms with Gasteiger partial charge in [-0.25, -0.2) is 9.78 Å². The number of aryl methyl sites for hydroxylation is 1. The highest BCUT2D eigenvalue weighted by atomic mass is 16.4. The molecule has 0 saturated heterocycles. The van der Waals surface area contributed by atoms with Gasteiger partial charge in [-0.1, -0.05) is 6.07 Å². The van der Waals surface area contributed by atoms with Crippen molar-refractivity contribution < 1.29 is 14.7 Å². The maximum Gasteiger partial charge on any atom is 0.377 e. The van der Waals surface area contributed by atoms with E-state index in [4.69, 9.17) is 5.11 Å². The number of nitrogens with zero attached hydrogens (tertiary/aromatic N) is 2. The minimum Gasteiger partial charge on any atom is -0.475 e. The van der Waals surface area contributed by atoms with Crippen LogP contribution in [0.3, 0.4) is 0 Å². The molecule has 0 aliphatic rings. The number of para-hydroxylation sites is 1. The first-order valence-electron chi connectivity index (χ1n) is 4.29. The fourth-order valence-corrected chi connectivity index (χ4v) is 1.51. The molecular formula is C10H8N2O3. The number of hydrogen-bond acceptors (Lipinski definition) is 3. The number of aliphatic carboxylic acids is 1. The van der Waals surface area contributed by atoms with Crippen LogP contribution < -0.4 is 0 Å². The maximum absolute atomic E-state index is 11.4. The van der Waals surface area contributed by atoms with Gasteiger partial charge in [0.1, 0.15) is 0 Å². The molecule has 2 rings (SSSR count). The highest BCUT2D eigenvalue weighted by Gasteiger charge is 2.18. The Kier molecular flexibility index (Phi) is 2.00. The number of hydrogen-bond donors (Lipinski definition) is 1. The molecule has 1 aromatic heterocycles. The summed E-state index contributed by atoms with van der Waals surface area (Å²) in [7, 11) is 1.72. The number of aromatic nitrogens is 2. The lowest BCUT2D eigenvalue weighted by Crippen LogP contribution is -2.13. The van der Waals surface area contributed by atoms with E-state index in [0.29, 0.717) is 11.0 Å². The van der Waals surface area contributed by atoms with Gasteiger partial charge in [-0.05, 0) is 12.1 Å². The van der Waals surface area contributed by atoms with Gasteiger partial charge < -0.3 is 9.67 Å². The molecule has 15 heavy (non-hydrogen) atoms. The van der Waals surface area contributed by atoms with Crippen molar-refractivity contribution in [1.82, 2.24) is 9.55 Å². The number of rotatable bonds is 2. The van der Waals surface area contributed by atoms with E-state index >= 15 is 0 Å². The summed E-state index contributed by atoms with van der Waals surface area (Å²) < 4.78 is 1.63.